The summed E-state index contributed by atoms with van der Waals surface area (Å²) in [7, 11) is 0. The van der Waals surface area contributed by atoms with E-state index >= 15 is 0 Å². The molecule has 7 heteroatoms. The lowest BCUT2D eigenvalue weighted by Gasteiger charge is -2.24. The summed E-state index contributed by atoms with van der Waals surface area (Å²) in [5, 5.41) is 3.00. The van der Waals surface area contributed by atoms with Crippen LogP contribution in [0, 0.1) is 0 Å². The molecule has 0 bridgehead atoms. The summed E-state index contributed by atoms with van der Waals surface area (Å²) in [6, 6.07) is 1.71. The Morgan fingerprint density at radius 2 is 2.37 bits per heavy atom. The molecule has 0 aliphatic carbocycles. The van der Waals surface area contributed by atoms with Gasteiger partial charge in [0.25, 0.3) is 5.91 Å². The molecule has 4 nitrogen and oxygen atoms in total. The van der Waals surface area contributed by atoms with E-state index in [2.05, 4.69) is 14.9 Å². The standard InChI is InChI=1S/C12H11Cl2N3OS/c13-9-5-8(11(14)19-9)12(18)16-7-1-2-10-15-3-4-17(10)6-7/h3-5,7H,1-2,6H2,(H,16,18)/t7-/m1/s1. The molecule has 2 aromatic rings. The molecule has 1 atom stereocenters. The highest BCUT2D eigenvalue weighted by Gasteiger charge is 2.22. The lowest BCUT2D eigenvalue weighted by Crippen LogP contribution is -2.40. The number of thiophene rings is 1. The van der Waals surface area contributed by atoms with Crippen LogP contribution in [0.5, 0.6) is 0 Å². The number of carbonyl (C=O) groups is 1. The molecule has 0 saturated carbocycles. The molecule has 3 rings (SSSR count). The Balaban J connectivity index is 1.70. The SMILES string of the molecule is O=C(N[C@@H]1CCc2nccn2C1)c1cc(Cl)sc1Cl. The summed E-state index contributed by atoms with van der Waals surface area (Å²) in [5.41, 5.74) is 0.452. The molecule has 1 amide bonds. The summed E-state index contributed by atoms with van der Waals surface area (Å²) in [4.78, 5) is 16.4. The minimum Gasteiger partial charge on any atom is -0.347 e. The zero-order chi connectivity index (χ0) is 13.4. The number of hydrogen-bond donors (Lipinski definition) is 1. The second-order valence-electron chi connectivity index (χ2n) is 4.44. The molecule has 1 aliphatic heterocycles. The van der Waals surface area contributed by atoms with Crippen molar-refractivity contribution < 1.29 is 4.79 Å². The summed E-state index contributed by atoms with van der Waals surface area (Å²) in [6.45, 7) is 0.747. The van der Waals surface area contributed by atoms with Crippen molar-refractivity contribution in [1.82, 2.24) is 14.9 Å². The van der Waals surface area contributed by atoms with Gasteiger partial charge in [-0.25, -0.2) is 4.98 Å². The summed E-state index contributed by atoms with van der Waals surface area (Å²) in [6.07, 6.45) is 5.48. The van der Waals surface area contributed by atoms with E-state index in [1.165, 1.54) is 11.3 Å². The van der Waals surface area contributed by atoms with Crippen LogP contribution in [0.25, 0.3) is 0 Å². The van der Waals surface area contributed by atoms with Gasteiger partial charge in [0.2, 0.25) is 0 Å². The van der Waals surface area contributed by atoms with E-state index in [1.54, 1.807) is 12.3 Å². The molecule has 3 heterocycles. The smallest absolute Gasteiger partial charge is 0.253 e. The van der Waals surface area contributed by atoms with Crippen LogP contribution in [0.15, 0.2) is 18.5 Å². The van der Waals surface area contributed by atoms with Crippen LogP contribution < -0.4 is 5.32 Å². The lowest BCUT2D eigenvalue weighted by molar-refractivity contribution is 0.0928. The highest BCUT2D eigenvalue weighted by molar-refractivity contribution is 7.20. The minimum absolute atomic E-state index is 0.101. The van der Waals surface area contributed by atoms with Gasteiger partial charge in [-0.3, -0.25) is 4.79 Å². The van der Waals surface area contributed by atoms with Gasteiger partial charge in [-0.05, 0) is 12.5 Å². The molecule has 0 spiro atoms. The zero-order valence-corrected chi connectivity index (χ0v) is 12.2. The van der Waals surface area contributed by atoms with Crippen molar-refractivity contribution in [2.45, 2.75) is 25.4 Å². The van der Waals surface area contributed by atoms with E-state index < -0.39 is 0 Å². The van der Waals surface area contributed by atoms with Crippen molar-refractivity contribution in [3.05, 3.63) is 38.5 Å². The van der Waals surface area contributed by atoms with Gasteiger partial charge in [0.15, 0.2) is 0 Å². The van der Waals surface area contributed by atoms with Crippen LogP contribution in [0.2, 0.25) is 8.67 Å². The van der Waals surface area contributed by atoms with Crippen LogP contribution in [0.1, 0.15) is 22.6 Å². The molecule has 100 valence electrons. The van der Waals surface area contributed by atoms with Gasteiger partial charge < -0.3 is 9.88 Å². The summed E-state index contributed by atoms with van der Waals surface area (Å²) in [5.74, 6) is 0.906. The number of amides is 1. The lowest BCUT2D eigenvalue weighted by atomic mass is 10.1. The number of aryl methyl sites for hydroxylation is 1. The Kier molecular flexibility index (Phi) is 3.52. The zero-order valence-electron chi connectivity index (χ0n) is 9.90. The molecule has 0 fully saturated rings. The number of aromatic nitrogens is 2. The molecular formula is C12H11Cl2N3OS. The van der Waals surface area contributed by atoms with Gasteiger partial charge in [-0.2, -0.15) is 0 Å². The van der Waals surface area contributed by atoms with E-state index in [9.17, 15) is 4.79 Å². The van der Waals surface area contributed by atoms with E-state index in [1.807, 2.05) is 6.20 Å². The number of fused-ring (bicyclic) bond motifs is 1. The van der Waals surface area contributed by atoms with Gasteiger partial charge in [0.1, 0.15) is 10.2 Å². The van der Waals surface area contributed by atoms with Crippen LogP contribution in [0.4, 0.5) is 0 Å². The van der Waals surface area contributed by atoms with Crippen LogP contribution in [0.3, 0.4) is 0 Å². The molecule has 0 saturated heterocycles. The van der Waals surface area contributed by atoms with E-state index in [0.29, 0.717) is 14.2 Å². The third kappa shape index (κ3) is 2.63. The number of halogens is 2. The Bertz CT molecular complexity index is 622. The maximum Gasteiger partial charge on any atom is 0.253 e. The van der Waals surface area contributed by atoms with Gasteiger partial charge in [-0.15, -0.1) is 11.3 Å². The topological polar surface area (TPSA) is 46.9 Å². The largest absolute Gasteiger partial charge is 0.347 e. The van der Waals surface area contributed by atoms with Crippen molar-refractivity contribution in [2.24, 2.45) is 0 Å². The normalized spacial score (nSPS) is 18.1. The van der Waals surface area contributed by atoms with Gasteiger partial charge >= 0.3 is 0 Å². The molecule has 1 aliphatic rings. The average molecular weight is 316 g/mol. The van der Waals surface area contributed by atoms with Gasteiger partial charge in [-0.1, -0.05) is 23.2 Å². The molecule has 2 aromatic heterocycles. The number of nitrogens with zero attached hydrogens (tertiary/aromatic N) is 2. The van der Waals surface area contributed by atoms with Crippen molar-refractivity contribution in [3.8, 4) is 0 Å². The first-order chi connectivity index (χ1) is 9.13. The quantitative estimate of drug-likeness (QED) is 0.926. The number of nitrogens with one attached hydrogen (secondary N) is 1. The first-order valence-corrected chi connectivity index (χ1v) is 7.46. The predicted octanol–water partition coefficient (Wildman–Crippen LogP) is 3.00. The molecule has 1 N–H and O–H groups in total. The van der Waals surface area contributed by atoms with Gasteiger partial charge in [0, 0.05) is 31.4 Å². The second-order valence-corrected chi connectivity index (χ2v) is 6.73. The highest BCUT2D eigenvalue weighted by Crippen LogP contribution is 2.31. The molecule has 0 unspecified atom stereocenters. The monoisotopic (exact) mass is 315 g/mol. The van der Waals surface area contributed by atoms with Crippen molar-refractivity contribution in [2.75, 3.05) is 0 Å². The molecule has 0 radical (unpaired) electrons. The number of imidazole rings is 1. The molecular weight excluding hydrogens is 305 g/mol. The molecule has 19 heavy (non-hydrogen) atoms. The van der Waals surface area contributed by atoms with Crippen molar-refractivity contribution >= 4 is 40.4 Å². The molecule has 0 aromatic carbocycles. The highest BCUT2D eigenvalue weighted by atomic mass is 35.5. The fourth-order valence-corrected chi connectivity index (χ4v) is 3.70. The minimum atomic E-state index is -0.165. The van der Waals surface area contributed by atoms with E-state index in [0.717, 1.165) is 25.2 Å². The van der Waals surface area contributed by atoms with E-state index in [-0.39, 0.29) is 11.9 Å². The van der Waals surface area contributed by atoms with E-state index in [4.69, 9.17) is 23.2 Å². The average Bonchev–Trinajstić information content (AvgIpc) is 2.94. The summed E-state index contributed by atoms with van der Waals surface area (Å²) < 4.78 is 3.02. The van der Waals surface area contributed by atoms with Crippen LogP contribution in [-0.2, 0) is 13.0 Å². The van der Waals surface area contributed by atoms with Crippen molar-refractivity contribution in [1.29, 1.82) is 0 Å². The fraction of sp³-hybridized carbons (Fsp3) is 0.333. The third-order valence-electron chi connectivity index (χ3n) is 3.17. The van der Waals surface area contributed by atoms with Crippen molar-refractivity contribution in [3.63, 3.8) is 0 Å². The predicted molar refractivity (Wildman–Crippen MR) is 76.1 cm³/mol. The Labute approximate surface area is 124 Å². The Hall–Kier alpha value is -1.04. The van der Waals surface area contributed by atoms with Crippen LogP contribution >= 0.6 is 34.5 Å². The fourth-order valence-electron chi connectivity index (χ4n) is 2.24. The van der Waals surface area contributed by atoms with Crippen LogP contribution in [-0.4, -0.2) is 21.5 Å². The number of hydrogen-bond acceptors (Lipinski definition) is 3. The summed E-state index contributed by atoms with van der Waals surface area (Å²) >= 11 is 13.0. The maximum atomic E-state index is 12.1. The third-order valence-corrected chi connectivity index (χ3v) is 4.66. The first-order valence-electron chi connectivity index (χ1n) is 5.89. The number of carbonyl (C=O) groups excluding carboxylic acids is 1. The van der Waals surface area contributed by atoms with Gasteiger partial charge in [0.05, 0.1) is 9.90 Å². The maximum absolute atomic E-state index is 12.1. The first kappa shape index (κ1) is 13.0. The number of rotatable bonds is 2. The Morgan fingerprint density at radius 1 is 1.53 bits per heavy atom. The second kappa shape index (κ2) is 5.15. The Morgan fingerprint density at radius 3 is 3.11 bits per heavy atom.